The topological polar surface area (TPSA) is 9.23 Å². The van der Waals surface area contributed by atoms with Crippen molar-refractivity contribution < 1.29 is 22.3 Å². The molecular formula is C20H26F4O. The van der Waals surface area contributed by atoms with E-state index in [1.807, 2.05) is 6.92 Å². The molecule has 0 aromatic heterocycles. The number of allylic oxidation sites excluding steroid dienone is 2. The van der Waals surface area contributed by atoms with Gasteiger partial charge in [-0.25, -0.2) is 8.78 Å². The van der Waals surface area contributed by atoms with Crippen LogP contribution in [0.1, 0.15) is 69.8 Å². The maximum absolute atomic E-state index is 13.9. The molecule has 1 aromatic carbocycles. The summed E-state index contributed by atoms with van der Waals surface area (Å²) >= 11 is 0. The molecule has 1 aliphatic carbocycles. The van der Waals surface area contributed by atoms with Crippen LogP contribution in [0.4, 0.5) is 17.6 Å². The first kappa shape index (κ1) is 19.8. The highest BCUT2D eigenvalue weighted by Crippen LogP contribution is 2.39. The van der Waals surface area contributed by atoms with Gasteiger partial charge in [-0.05, 0) is 75.0 Å². The van der Waals surface area contributed by atoms with Gasteiger partial charge in [0.05, 0.1) is 0 Å². The maximum Gasteiger partial charge on any atom is 0.387 e. The fourth-order valence-corrected chi connectivity index (χ4v) is 3.66. The van der Waals surface area contributed by atoms with E-state index < -0.39 is 24.0 Å². The van der Waals surface area contributed by atoms with Gasteiger partial charge in [0.1, 0.15) is 0 Å². The number of rotatable bonds is 8. The van der Waals surface area contributed by atoms with Crippen LogP contribution in [0.15, 0.2) is 24.3 Å². The van der Waals surface area contributed by atoms with Crippen molar-refractivity contribution in [1.29, 1.82) is 0 Å². The monoisotopic (exact) mass is 358 g/mol. The normalized spacial score (nSPS) is 21.2. The van der Waals surface area contributed by atoms with Crippen molar-refractivity contribution in [2.75, 3.05) is 0 Å². The smallest absolute Gasteiger partial charge is 0.387 e. The molecule has 0 atom stereocenters. The van der Waals surface area contributed by atoms with Gasteiger partial charge in [0.15, 0.2) is 17.4 Å². The Balaban J connectivity index is 1.86. The molecule has 1 saturated carbocycles. The molecule has 2 rings (SSSR count). The second-order valence-corrected chi connectivity index (χ2v) is 6.76. The summed E-state index contributed by atoms with van der Waals surface area (Å²) in [6, 6.07) is 2.28. The zero-order valence-corrected chi connectivity index (χ0v) is 14.6. The van der Waals surface area contributed by atoms with Gasteiger partial charge in [0.2, 0.25) is 0 Å². The number of hydrogen-bond donors (Lipinski definition) is 0. The molecule has 1 aliphatic rings. The molecule has 0 unspecified atom stereocenters. The number of hydrogen-bond acceptors (Lipinski definition) is 1. The molecule has 0 N–H and O–H groups in total. The standard InChI is InChI=1S/C20H26F4O/c1-2-3-4-5-6-7-14-8-10-15(11-9-14)16-12-17(21)19(18(22)13-16)25-20(23)24/h2-3,12-15,20H,4-11H2,1H3/b3-2+/t14-,15-. The van der Waals surface area contributed by atoms with Crippen molar-refractivity contribution in [3.05, 3.63) is 41.5 Å². The number of ether oxygens (including phenoxy) is 1. The summed E-state index contributed by atoms with van der Waals surface area (Å²) in [5.41, 5.74) is 0.545. The van der Waals surface area contributed by atoms with E-state index in [1.165, 1.54) is 19.3 Å². The van der Waals surface area contributed by atoms with E-state index in [2.05, 4.69) is 16.9 Å². The van der Waals surface area contributed by atoms with Gasteiger partial charge in [-0.3, -0.25) is 0 Å². The summed E-state index contributed by atoms with van der Waals surface area (Å²) in [5, 5.41) is 0. The third-order valence-corrected chi connectivity index (χ3v) is 5.01. The highest BCUT2D eigenvalue weighted by molar-refractivity contribution is 5.33. The summed E-state index contributed by atoms with van der Waals surface area (Å²) in [5.74, 6) is -2.33. The van der Waals surface area contributed by atoms with E-state index in [-0.39, 0.29) is 5.92 Å². The van der Waals surface area contributed by atoms with Crippen LogP contribution < -0.4 is 4.74 Å². The van der Waals surface area contributed by atoms with Crippen molar-refractivity contribution in [2.24, 2.45) is 5.92 Å². The van der Waals surface area contributed by atoms with E-state index >= 15 is 0 Å². The average Bonchev–Trinajstić information content (AvgIpc) is 2.58. The molecule has 5 heteroatoms. The number of unbranched alkanes of at least 4 members (excludes halogenated alkanes) is 2. The van der Waals surface area contributed by atoms with Crippen molar-refractivity contribution in [3.63, 3.8) is 0 Å². The van der Waals surface area contributed by atoms with E-state index in [0.29, 0.717) is 11.5 Å². The summed E-state index contributed by atoms with van der Waals surface area (Å²) in [6.07, 6.45) is 12.9. The van der Waals surface area contributed by atoms with Gasteiger partial charge in [0, 0.05) is 0 Å². The molecule has 1 fully saturated rings. The average molecular weight is 358 g/mol. The van der Waals surface area contributed by atoms with Gasteiger partial charge in [-0.2, -0.15) is 8.78 Å². The van der Waals surface area contributed by atoms with E-state index in [0.717, 1.165) is 44.2 Å². The first-order valence-corrected chi connectivity index (χ1v) is 9.06. The van der Waals surface area contributed by atoms with Crippen LogP contribution in [-0.2, 0) is 0 Å². The Morgan fingerprint density at radius 1 is 1.08 bits per heavy atom. The molecule has 0 bridgehead atoms. The van der Waals surface area contributed by atoms with Crippen LogP contribution >= 0.6 is 0 Å². The minimum Gasteiger partial charge on any atom is -0.429 e. The third-order valence-electron chi connectivity index (χ3n) is 5.01. The minimum atomic E-state index is -3.24. The molecule has 0 aliphatic heterocycles. The predicted molar refractivity (Wildman–Crippen MR) is 91.0 cm³/mol. The molecular weight excluding hydrogens is 332 g/mol. The molecule has 0 saturated heterocycles. The van der Waals surface area contributed by atoms with Crippen LogP contribution in [0.5, 0.6) is 5.75 Å². The Morgan fingerprint density at radius 2 is 1.72 bits per heavy atom. The van der Waals surface area contributed by atoms with Crippen molar-refractivity contribution >= 4 is 0 Å². The fraction of sp³-hybridized carbons (Fsp3) is 0.600. The molecule has 25 heavy (non-hydrogen) atoms. The fourth-order valence-electron chi connectivity index (χ4n) is 3.66. The van der Waals surface area contributed by atoms with E-state index in [9.17, 15) is 17.6 Å². The molecule has 0 heterocycles. The predicted octanol–water partition coefficient (Wildman–Crippen LogP) is 6.98. The minimum absolute atomic E-state index is 0.0869. The molecule has 1 nitrogen and oxygen atoms in total. The van der Waals surface area contributed by atoms with Gasteiger partial charge in [-0.1, -0.05) is 25.0 Å². The van der Waals surface area contributed by atoms with Gasteiger partial charge < -0.3 is 4.74 Å². The zero-order chi connectivity index (χ0) is 18.2. The molecule has 0 amide bonds. The quantitative estimate of drug-likeness (QED) is 0.277. The third kappa shape index (κ3) is 6.05. The van der Waals surface area contributed by atoms with Crippen LogP contribution in [0.3, 0.4) is 0 Å². The first-order valence-electron chi connectivity index (χ1n) is 9.06. The lowest BCUT2D eigenvalue weighted by atomic mass is 9.77. The SMILES string of the molecule is C/C=C/CCCC[C@H]1CC[C@H](c2cc(F)c(OC(F)F)c(F)c2)CC1. The number of alkyl halides is 2. The highest BCUT2D eigenvalue weighted by Gasteiger charge is 2.25. The molecule has 0 spiro atoms. The second-order valence-electron chi connectivity index (χ2n) is 6.76. The Labute approximate surface area is 147 Å². The van der Waals surface area contributed by atoms with Crippen molar-refractivity contribution in [3.8, 4) is 5.75 Å². The second kappa shape index (κ2) is 9.83. The van der Waals surface area contributed by atoms with Crippen LogP contribution in [0.2, 0.25) is 0 Å². The molecule has 140 valence electrons. The van der Waals surface area contributed by atoms with Crippen LogP contribution in [-0.4, -0.2) is 6.61 Å². The summed E-state index contributed by atoms with van der Waals surface area (Å²) < 4.78 is 56.0. The van der Waals surface area contributed by atoms with Crippen LogP contribution in [0, 0.1) is 17.6 Å². The highest BCUT2D eigenvalue weighted by atomic mass is 19.3. The lowest BCUT2D eigenvalue weighted by molar-refractivity contribution is -0.0546. The number of benzene rings is 1. The Hall–Kier alpha value is -1.52. The zero-order valence-electron chi connectivity index (χ0n) is 14.6. The Kier molecular flexibility index (Phi) is 7.79. The van der Waals surface area contributed by atoms with Gasteiger partial charge >= 0.3 is 6.61 Å². The van der Waals surface area contributed by atoms with Gasteiger partial charge in [0.25, 0.3) is 0 Å². The summed E-state index contributed by atoms with van der Waals surface area (Å²) in [6.45, 7) is -1.21. The van der Waals surface area contributed by atoms with Gasteiger partial charge in [-0.15, -0.1) is 0 Å². The molecule has 1 aromatic rings. The van der Waals surface area contributed by atoms with E-state index in [1.54, 1.807) is 0 Å². The number of halogens is 4. The largest absolute Gasteiger partial charge is 0.429 e. The van der Waals surface area contributed by atoms with Crippen molar-refractivity contribution in [1.82, 2.24) is 0 Å². The van der Waals surface area contributed by atoms with Crippen LogP contribution in [0.25, 0.3) is 0 Å². The first-order chi connectivity index (χ1) is 12.0. The lowest BCUT2D eigenvalue weighted by Gasteiger charge is -2.29. The summed E-state index contributed by atoms with van der Waals surface area (Å²) in [7, 11) is 0. The Bertz CT molecular complexity index is 540. The summed E-state index contributed by atoms with van der Waals surface area (Å²) in [4.78, 5) is 0. The maximum atomic E-state index is 13.9. The van der Waals surface area contributed by atoms with E-state index in [4.69, 9.17) is 0 Å². The molecule has 0 radical (unpaired) electrons. The van der Waals surface area contributed by atoms with Crippen molar-refractivity contribution in [2.45, 2.75) is 70.8 Å². The lowest BCUT2D eigenvalue weighted by Crippen LogP contribution is -2.14. The Morgan fingerprint density at radius 3 is 2.28 bits per heavy atom.